The van der Waals surface area contributed by atoms with Crippen LogP contribution in [0, 0.1) is 12.7 Å². The lowest BCUT2D eigenvalue weighted by Gasteiger charge is -2.10. The quantitative estimate of drug-likeness (QED) is 0.803. The summed E-state index contributed by atoms with van der Waals surface area (Å²) in [5.41, 5.74) is 2.22. The van der Waals surface area contributed by atoms with Gasteiger partial charge in [0.1, 0.15) is 5.82 Å². The van der Waals surface area contributed by atoms with Gasteiger partial charge in [-0.15, -0.1) is 0 Å². The molecule has 0 aliphatic rings. The number of hydrogen-bond acceptors (Lipinski definition) is 2. The van der Waals surface area contributed by atoms with Crippen LogP contribution in [0.1, 0.15) is 24.2 Å². The van der Waals surface area contributed by atoms with Gasteiger partial charge in [0.2, 0.25) is 0 Å². The second kappa shape index (κ2) is 6.37. The fourth-order valence-electron chi connectivity index (χ4n) is 1.85. The van der Waals surface area contributed by atoms with Crippen LogP contribution < -0.4 is 10.6 Å². The molecule has 2 aromatic rings. The zero-order chi connectivity index (χ0) is 15.4. The summed E-state index contributed by atoms with van der Waals surface area (Å²) in [5, 5.41) is 14.5. The lowest BCUT2D eigenvalue weighted by molar-refractivity contribution is 0.199. The molecule has 0 spiro atoms. The molecule has 4 nitrogen and oxygen atoms in total. The standard InChI is InChI=1S/C16H17FN2O2/c1-10-3-8-15(14(17)9-10)19-16(21)18-13-6-4-12(5-7-13)11(2)20/h3-9,11,20H,1-2H3,(H2,18,19,21). The van der Waals surface area contributed by atoms with Crippen molar-refractivity contribution in [3.8, 4) is 0 Å². The molecule has 2 aromatic carbocycles. The molecule has 2 amide bonds. The van der Waals surface area contributed by atoms with Crippen molar-refractivity contribution in [2.24, 2.45) is 0 Å². The molecule has 0 saturated carbocycles. The Hall–Kier alpha value is -2.40. The average molecular weight is 288 g/mol. The molecule has 1 atom stereocenters. The van der Waals surface area contributed by atoms with Gasteiger partial charge >= 0.3 is 6.03 Å². The molecule has 2 rings (SSSR count). The SMILES string of the molecule is Cc1ccc(NC(=O)Nc2ccc(C(C)O)cc2)c(F)c1. The molecule has 0 bridgehead atoms. The zero-order valence-electron chi connectivity index (χ0n) is 11.9. The van der Waals surface area contributed by atoms with Crippen LogP contribution in [-0.4, -0.2) is 11.1 Å². The molecular weight excluding hydrogens is 271 g/mol. The molecule has 110 valence electrons. The zero-order valence-corrected chi connectivity index (χ0v) is 11.9. The molecule has 21 heavy (non-hydrogen) atoms. The number of carbonyl (C=O) groups excluding carboxylic acids is 1. The third-order valence-electron chi connectivity index (χ3n) is 3.02. The predicted octanol–water partition coefficient (Wildman–Crippen LogP) is 3.83. The normalized spacial score (nSPS) is 11.8. The number of anilines is 2. The number of hydrogen-bond donors (Lipinski definition) is 3. The van der Waals surface area contributed by atoms with E-state index >= 15 is 0 Å². The molecule has 3 N–H and O–H groups in total. The van der Waals surface area contributed by atoms with E-state index < -0.39 is 18.0 Å². The lowest BCUT2D eigenvalue weighted by Crippen LogP contribution is -2.20. The number of aryl methyl sites for hydroxylation is 1. The number of rotatable bonds is 3. The van der Waals surface area contributed by atoms with Gasteiger partial charge in [-0.1, -0.05) is 18.2 Å². The lowest BCUT2D eigenvalue weighted by atomic mass is 10.1. The van der Waals surface area contributed by atoms with Crippen LogP contribution in [-0.2, 0) is 0 Å². The molecule has 0 aliphatic carbocycles. The summed E-state index contributed by atoms with van der Waals surface area (Å²) in [6.45, 7) is 3.44. The second-order valence-electron chi connectivity index (χ2n) is 4.86. The Morgan fingerprint density at radius 3 is 2.38 bits per heavy atom. The van der Waals surface area contributed by atoms with Gasteiger partial charge in [-0.25, -0.2) is 9.18 Å². The highest BCUT2D eigenvalue weighted by Gasteiger charge is 2.07. The van der Waals surface area contributed by atoms with Gasteiger partial charge in [-0.3, -0.25) is 0 Å². The van der Waals surface area contributed by atoms with E-state index in [1.165, 1.54) is 12.1 Å². The van der Waals surface area contributed by atoms with Gasteiger partial charge in [0.15, 0.2) is 0 Å². The second-order valence-corrected chi connectivity index (χ2v) is 4.86. The summed E-state index contributed by atoms with van der Waals surface area (Å²) in [5.74, 6) is -0.477. The van der Waals surface area contributed by atoms with Crippen molar-refractivity contribution in [2.75, 3.05) is 10.6 Å². The molecule has 0 radical (unpaired) electrons. The Kier molecular flexibility index (Phi) is 4.55. The number of aliphatic hydroxyl groups is 1. The number of benzene rings is 2. The van der Waals surface area contributed by atoms with Gasteiger partial charge in [0, 0.05) is 5.69 Å². The molecule has 0 saturated heterocycles. The highest BCUT2D eigenvalue weighted by atomic mass is 19.1. The first kappa shape index (κ1) is 15.0. The molecule has 0 heterocycles. The minimum absolute atomic E-state index is 0.124. The minimum Gasteiger partial charge on any atom is -0.389 e. The Morgan fingerprint density at radius 1 is 1.14 bits per heavy atom. The van der Waals surface area contributed by atoms with E-state index in [2.05, 4.69) is 10.6 Å². The van der Waals surface area contributed by atoms with E-state index in [9.17, 15) is 14.3 Å². The highest BCUT2D eigenvalue weighted by Crippen LogP contribution is 2.17. The number of nitrogens with one attached hydrogen (secondary N) is 2. The molecular formula is C16H17FN2O2. The van der Waals surface area contributed by atoms with Gasteiger partial charge in [0.05, 0.1) is 11.8 Å². The van der Waals surface area contributed by atoms with Gasteiger partial charge < -0.3 is 15.7 Å². The Labute approximate surface area is 122 Å². The summed E-state index contributed by atoms with van der Waals surface area (Å²) < 4.78 is 13.6. The van der Waals surface area contributed by atoms with Gasteiger partial charge in [0.25, 0.3) is 0 Å². The van der Waals surface area contributed by atoms with Crippen LogP contribution >= 0.6 is 0 Å². The Bertz CT molecular complexity index is 639. The van der Waals surface area contributed by atoms with Crippen molar-refractivity contribution in [1.29, 1.82) is 0 Å². The summed E-state index contributed by atoms with van der Waals surface area (Å²) >= 11 is 0. The first-order valence-corrected chi connectivity index (χ1v) is 6.58. The van der Waals surface area contributed by atoms with Crippen molar-refractivity contribution in [1.82, 2.24) is 0 Å². The van der Waals surface area contributed by atoms with Crippen molar-refractivity contribution in [3.05, 3.63) is 59.4 Å². The number of carbonyl (C=O) groups is 1. The largest absolute Gasteiger partial charge is 0.389 e. The Morgan fingerprint density at radius 2 is 1.81 bits per heavy atom. The van der Waals surface area contributed by atoms with E-state index in [0.29, 0.717) is 5.69 Å². The van der Waals surface area contributed by atoms with E-state index in [0.717, 1.165) is 11.1 Å². The van der Waals surface area contributed by atoms with Crippen LogP contribution in [0.15, 0.2) is 42.5 Å². The van der Waals surface area contributed by atoms with Gasteiger partial charge in [-0.05, 0) is 49.2 Å². The van der Waals surface area contributed by atoms with Crippen LogP contribution in [0.5, 0.6) is 0 Å². The van der Waals surface area contributed by atoms with Gasteiger partial charge in [-0.2, -0.15) is 0 Å². The molecule has 0 aliphatic heterocycles. The highest BCUT2D eigenvalue weighted by molar-refractivity contribution is 5.99. The first-order chi connectivity index (χ1) is 9.95. The van der Waals surface area contributed by atoms with Crippen molar-refractivity contribution in [3.63, 3.8) is 0 Å². The van der Waals surface area contributed by atoms with Crippen molar-refractivity contribution in [2.45, 2.75) is 20.0 Å². The van der Waals surface area contributed by atoms with Crippen LogP contribution in [0.2, 0.25) is 0 Å². The first-order valence-electron chi connectivity index (χ1n) is 6.58. The third-order valence-corrected chi connectivity index (χ3v) is 3.02. The average Bonchev–Trinajstić information content (AvgIpc) is 2.42. The van der Waals surface area contributed by atoms with E-state index in [1.54, 1.807) is 44.2 Å². The minimum atomic E-state index is -0.561. The fraction of sp³-hybridized carbons (Fsp3) is 0.188. The molecule has 0 fully saturated rings. The van der Waals surface area contributed by atoms with Crippen molar-refractivity contribution >= 4 is 17.4 Å². The monoisotopic (exact) mass is 288 g/mol. The third kappa shape index (κ3) is 4.03. The molecule has 0 aromatic heterocycles. The van der Waals surface area contributed by atoms with Crippen LogP contribution in [0.25, 0.3) is 0 Å². The predicted molar refractivity (Wildman–Crippen MR) is 80.9 cm³/mol. The summed E-state index contributed by atoms with van der Waals surface area (Å²) in [7, 11) is 0. The topological polar surface area (TPSA) is 61.4 Å². The van der Waals surface area contributed by atoms with Crippen molar-refractivity contribution < 1.29 is 14.3 Å². The number of urea groups is 1. The summed E-state index contributed by atoms with van der Waals surface area (Å²) in [4.78, 5) is 11.8. The van der Waals surface area contributed by atoms with Crippen LogP contribution in [0.3, 0.4) is 0 Å². The number of aliphatic hydroxyl groups excluding tert-OH is 1. The van der Waals surface area contributed by atoms with E-state index in [1.807, 2.05) is 0 Å². The summed E-state index contributed by atoms with van der Waals surface area (Å²) in [6.07, 6.45) is -0.561. The van der Waals surface area contributed by atoms with E-state index in [4.69, 9.17) is 0 Å². The number of amides is 2. The van der Waals surface area contributed by atoms with Crippen LogP contribution in [0.4, 0.5) is 20.6 Å². The van der Waals surface area contributed by atoms with E-state index in [-0.39, 0.29) is 5.69 Å². The maximum absolute atomic E-state index is 13.6. The maximum atomic E-state index is 13.6. The fourth-order valence-corrected chi connectivity index (χ4v) is 1.85. The molecule has 5 heteroatoms. The summed E-state index contributed by atoms with van der Waals surface area (Å²) in [6, 6.07) is 10.8. The number of halogens is 1. The maximum Gasteiger partial charge on any atom is 0.323 e. The molecule has 1 unspecified atom stereocenters. The Balaban J connectivity index is 2.01. The smallest absolute Gasteiger partial charge is 0.323 e.